The van der Waals surface area contributed by atoms with Gasteiger partial charge in [0.15, 0.2) is 0 Å². The number of hydrogen-bond acceptors (Lipinski definition) is 4. The Labute approximate surface area is 115 Å². The monoisotopic (exact) mass is 261 g/mol. The van der Waals surface area contributed by atoms with Crippen molar-refractivity contribution >= 4 is 5.82 Å². The van der Waals surface area contributed by atoms with Gasteiger partial charge in [-0.3, -0.25) is 4.90 Å². The van der Waals surface area contributed by atoms with Gasteiger partial charge in [0.1, 0.15) is 5.82 Å². The molecule has 4 nitrogen and oxygen atoms in total. The standard InChI is InChI=1S/C15H23N3O/c1-12(19)14-3-2-6-16-15(14)18-9-7-17(8-10-18)11-13-4-5-13/h2-3,6,12-13,19H,4-5,7-11H2,1H3/t12-/m1/s1. The molecule has 2 aliphatic rings. The van der Waals surface area contributed by atoms with Gasteiger partial charge < -0.3 is 10.0 Å². The summed E-state index contributed by atoms with van der Waals surface area (Å²) in [5, 5.41) is 9.84. The molecule has 1 atom stereocenters. The minimum Gasteiger partial charge on any atom is -0.389 e. The summed E-state index contributed by atoms with van der Waals surface area (Å²) in [4.78, 5) is 9.35. The SMILES string of the molecule is C[C@@H](O)c1cccnc1N1CCN(CC2CC2)CC1. The van der Waals surface area contributed by atoms with E-state index in [1.54, 1.807) is 0 Å². The highest BCUT2D eigenvalue weighted by Gasteiger charge is 2.27. The van der Waals surface area contributed by atoms with Crippen LogP contribution in [-0.4, -0.2) is 47.7 Å². The van der Waals surface area contributed by atoms with Crippen LogP contribution in [0.3, 0.4) is 0 Å². The Morgan fingerprint density at radius 1 is 1.32 bits per heavy atom. The molecule has 19 heavy (non-hydrogen) atoms. The molecule has 0 aromatic carbocycles. The molecule has 1 aromatic heterocycles. The summed E-state index contributed by atoms with van der Waals surface area (Å²) in [5.74, 6) is 1.93. The number of nitrogens with zero attached hydrogens (tertiary/aromatic N) is 3. The largest absolute Gasteiger partial charge is 0.389 e. The van der Waals surface area contributed by atoms with Crippen LogP contribution in [-0.2, 0) is 0 Å². The second-order valence-corrected chi connectivity index (χ2v) is 5.82. The second kappa shape index (κ2) is 5.47. The molecule has 1 saturated carbocycles. The third kappa shape index (κ3) is 3.07. The van der Waals surface area contributed by atoms with Crippen molar-refractivity contribution in [2.75, 3.05) is 37.6 Å². The zero-order valence-electron chi connectivity index (χ0n) is 11.6. The molecule has 2 fully saturated rings. The van der Waals surface area contributed by atoms with E-state index in [1.807, 2.05) is 25.3 Å². The molecule has 0 radical (unpaired) electrons. The van der Waals surface area contributed by atoms with Crippen molar-refractivity contribution < 1.29 is 5.11 Å². The zero-order valence-corrected chi connectivity index (χ0v) is 11.6. The summed E-state index contributed by atoms with van der Waals surface area (Å²) in [6, 6.07) is 3.87. The summed E-state index contributed by atoms with van der Waals surface area (Å²) < 4.78 is 0. The van der Waals surface area contributed by atoms with Crippen LogP contribution in [0.5, 0.6) is 0 Å². The Balaban J connectivity index is 1.64. The minimum atomic E-state index is -0.451. The van der Waals surface area contributed by atoms with E-state index in [1.165, 1.54) is 19.4 Å². The number of aliphatic hydroxyl groups excluding tert-OH is 1. The average Bonchev–Trinajstić information content (AvgIpc) is 3.23. The van der Waals surface area contributed by atoms with E-state index in [-0.39, 0.29) is 0 Å². The lowest BCUT2D eigenvalue weighted by Gasteiger charge is -2.36. The topological polar surface area (TPSA) is 39.6 Å². The van der Waals surface area contributed by atoms with E-state index in [2.05, 4.69) is 14.8 Å². The highest BCUT2D eigenvalue weighted by atomic mass is 16.3. The van der Waals surface area contributed by atoms with Crippen LogP contribution in [0, 0.1) is 5.92 Å². The van der Waals surface area contributed by atoms with Crippen LogP contribution in [0.2, 0.25) is 0 Å². The lowest BCUT2D eigenvalue weighted by Crippen LogP contribution is -2.47. The number of pyridine rings is 1. The van der Waals surface area contributed by atoms with E-state index >= 15 is 0 Å². The van der Waals surface area contributed by atoms with Gasteiger partial charge in [0, 0.05) is 44.5 Å². The molecule has 0 spiro atoms. The van der Waals surface area contributed by atoms with Crippen LogP contribution >= 0.6 is 0 Å². The first kappa shape index (κ1) is 12.9. The van der Waals surface area contributed by atoms with E-state index < -0.39 is 6.10 Å². The number of rotatable bonds is 4. The first-order valence-electron chi connectivity index (χ1n) is 7.34. The number of piperazine rings is 1. The molecular formula is C15H23N3O. The molecule has 2 heterocycles. The highest BCUT2D eigenvalue weighted by molar-refractivity contribution is 5.48. The predicted octanol–water partition coefficient (Wildman–Crippen LogP) is 1.67. The van der Waals surface area contributed by atoms with Crippen molar-refractivity contribution in [3.63, 3.8) is 0 Å². The fraction of sp³-hybridized carbons (Fsp3) is 0.667. The molecule has 1 aromatic rings. The van der Waals surface area contributed by atoms with Gasteiger partial charge in [-0.15, -0.1) is 0 Å². The normalized spacial score (nSPS) is 22.5. The minimum absolute atomic E-state index is 0.451. The summed E-state index contributed by atoms with van der Waals surface area (Å²) >= 11 is 0. The maximum Gasteiger partial charge on any atom is 0.134 e. The maximum absolute atomic E-state index is 9.84. The molecule has 1 saturated heterocycles. The molecule has 3 rings (SSSR count). The summed E-state index contributed by atoms with van der Waals surface area (Å²) in [6.45, 7) is 7.36. The van der Waals surface area contributed by atoms with Crippen LogP contribution in [0.15, 0.2) is 18.3 Å². The van der Waals surface area contributed by atoms with Crippen molar-refractivity contribution in [3.8, 4) is 0 Å². The Kier molecular flexibility index (Phi) is 3.71. The van der Waals surface area contributed by atoms with Gasteiger partial charge in [-0.05, 0) is 31.7 Å². The van der Waals surface area contributed by atoms with Gasteiger partial charge in [-0.25, -0.2) is 4.98 Å². The number of aliphatic hydroxyl groups is 1. The molecule has 1 aliphatic heterocycles. The van der Waals surface area contributed by atoms with Gasteiger partial charge in [-0.2, -0.15) is 0 Å². The Hall–Kier alpha value is -1.13. The van der Waals surface area contributed by atoms with Crippen molar-refractivity contribution in [3.05, 3.63) is 23.9 Å². The lowest BCUT2D eigenvalue weighted by molar-refractivity contribution is 0.198. The first-order valence-corrected chi connectivity index (χ1v) is 7.34. The molecule has 1 aliphatic carbocycles. The van der Waals surface area contributed by atoms with Gasteiger partial charge in [0.05, 0.1) is 6.10 Å². The molecule has 4 heteroatoms. The molecular weight excluding hydrogens is 238 g/mol. The summed E-state index contributed by atoms with van der Waals surface area (Å²) in [6.07, 6.45) is 4.21. The average molecular weight is 261 g/mol. The van der Waals surface area contributed by atoms with E-state index in [0.29, 0.717) is 0 Å². The quantitative estimate of drug-likeness (QED) is 0.895. The van der Waals surface area contributed by atoms with Crippen molar-refractivity contribution in [1.82, 2.24) is 9.88 Å². The van der Waals surface area contributed by atoms with Crippen LogP contribution in [0.4, 0.5) is 5.82 Å². The van der Waals surface area contributed by atoms with Gasteiger partial charge >= 0.3 is 0 Å². The third-order valence-electron chi connectivity index (χ3n) is 4.15. The zero-order chi connectivity index (χ0) is 13.2. The van der Waals surface area contributed by atoms with Crippen molar-refractivity contribution in [2.45, 2.75) is 25.9 Å². The van der Waals surface area contributed by atoms with E-state index in [9.17, 15) is 5.11 Å². The van der Waals surface area contributed by atoms with E-state index in [0.717, 1.165) is 43.5 Å². The third-order valence-corrected chi connectivity index (χ3v) is 4.15. The van der Waals surface area contributed by atoms with Crippen molar-refractivity contribution in [2.24, 2.45) is 5.92 Å². The fourth-order valence-corrected chi connectivity index (χ4v) is 2.81. The van der Waals surface area contributed by atoms with Gasteiger partial charge in [-0.1, -0.05) is 6.07 Å². The van der Waals surface area contributed by atoms with E-state index in [4.69, 9.17) is 0 Å². The lowest BCUT2D eigenvalue weighted by atomic mass is 10.1. The fourth-order valence-electron chi connectivity index (χ4n) is 2.81. The van der Waals surface area contributed by atoms with Crippen LogP contribution in [0.25, 0.3) is 0 Å². The van der Waals surface area contributed by atoms with Crippen molar-refractivity contribution in [1.29, 1.82) is 0 Å². The Morgan fingerprint density at radius 2 is 2.05 bits per heavy atom. The Morgan fingerprint density at radius 3 is 2.68 bits per heavy atom. The number of hydrogen-bond donors (Lipinski definition) is 1. The van der Waals surface area contributed by atoms with Crippen LogP contribution < -0.4 is 4.90 Å². The molecule has 1 N–H and O–H groups in total. The summed E-state index contributed by atoms with van der Waals surface area (Å²) in [5.41, 5.74) is 0.943. The molecule has 0 bridgehead atoms. The molecule has 104 valence electrons. The second-order valence-electron chi connectivity index (χ2n) is 5.82. The predicted molar refractivity (Wildman–Crippen MR) is 76.2 cm³/mol. The van der Waals surface area contributed by atoms with Crippen LogP contribution in [0.1, 0.15) is 31.4 Å². The highest BCUT2D eigenvalue weighted by Crippen LogP contribution is 2.30. The Bertz CT molecular complexity index is 423. The summed E-state index contributed by atoms with van der Waals surface area (Å²) in [7, 11) is 0. The first-order chi connectivity index (χ1) is 9.24. The van der Waals surface area contributed by atoms with Gasteiger partial charge in [0.25, 0.3) is 0 Å². The molecule has 0 amide bonds. The van der Waals surface area contributed by atoms with Gasteiger partial charge in [0.2, 0.25) is 0 Å². The number of anilines is 1. The smallest absolute Gasteiger partial charge is 0.134 e. The number of aromatic nitrogens is 1. The molecule has 0 unspecified atom stereocenters. The maximum atomic E-state index is 9.84.